The number of nitrogens with zero attached hydrogens (tertiary/aromatic N) is 2. The van der Waals surface area contributed by atoms with Gasteiger partial charge in [0.25, 0.3) is 0 Å². The van der Waals surface area contributed by atoms with Crippen LogP contribution < -0.4 is 11.1 Å². The second kappa shape index (κ2) is 6.32. The first kappa shape index (κ1) is 14.9. The van der Waals surface area contributed by atoms with Crippen LogP contribution in [0.3, 0.4) is 0 Å². The van der Waals surface area contributed by atoms with Gasteiger partial charge in [0.15, 0.2) is 0 Å². The quantitative estimate of drug-likeness (QED) is 0.768. The highest BCUT2D eigenvalue weighted by molar-refractivity contribution is 7.80. The average molecular weight is 296 g/mol. The minimum Gasteiger partial charge on any atom is -0.392 e. The van der Waals surface area contributed by atoms with Gasteiger partial charge in [0.1, 0.15) is 5.41 Å². The normalized spacial score (nSPS) is 17.6. The Balaban J connectivity index is 1.90. The Kier molecular flexibility index (Phi) is 4.72. The average Bonchev–Trinajstić information content (AvgIpc) is 2.85. The molecule has 2 heterocycles. The van der Waals surface area contributed by atoms with Crippen molar-refractivity contribution in [1.82, 2.24) is 15.1 Å². The van der Waals surface area contributed by atoms with E-state index in [-0.39, 0.29) is 10.9 Å². The zero-order chi connectivity index (χ0) is 14.6. The number of hydrogen-bond donors (Lipinski definition) is 2. The van der Waals surface area contributed by atoms with E-state index in [0.717, 1.165) is 5.56 Å². The van der Waals surface area contributed by atoms with Crippen molar-refractivity contribution in [2.24, 2.45) is 11.1 Å². The number of amides is 1. The van der Waals surface area contributed by atoms with Crippen molar-refractivity contribution in [1.29, 1.82) is 0 Å². The van der Waals surface area contributed by atoms with Crippen LogP contribution in [0.5, 0.6) is 0 Å². The molecule has 0 atom stereocenters. The second-order valence-corrected chi connectivity index (χ2v) is 5.54. The summed E-state index contributed by atoms with van der Waals surface area (Å²) in [6, 6.07) is 0. The number of carbonyl (C=O) groups excluding carboxylic acids is 1. The van der Waals surface area contributed by atoms with Crippen molar-refractivity contribution >= 4 is 23.1 Å². The Bertz CT molecular complexity index is 494. The van der Waals surface area contributed by atoms with Crippen LogP contribution in [0.2, 0.25) is 0 Å². The maximum absolute atomic E-state index is 12.4. The van der Waals surface area contributed by atoms with Crippen molar-refractivity contribution in [3.8, 4) is 0 Å². The number of rotatable bonds is 5. The van der Waals surface area contributed by atoms with Crippen LogP contribution >= 0.6 is 12.2 Å². The lowest BCUT2D eigenvalue weighted by Gasteiger charge is -2.34. The molecule has 110 valence electrons. The van der Waals surface area contributed by atoms with Crippen LogP contribution in [-0.4, -0.2) is 40.4 Å². The second-order valence-electron chi connectivity index (χ2n) is 5.10. The molecule has 2 rings (SSSR count). The molecule has 7 heteroatoms. The first-order valence-electron chi connectivity index (χ1n) is 6.69. The number of ether oxygens (including phenoxy) is 1. The molecule has 1 amide bonds. The number of nitrogens with one attached hydrogen (secondary N) is 1. The van der Waals surface area contributed by atoms with Crippen molar-refractivity contribution < 1.29 is 9.53 Å². The first-order valence-corrected chi connectivity index (χ1v) is 7.10. The van der Waals surface area contributed by atoms with Crippen LogP contribution in [0.15, 0.2) is 12.4 Å². The molecular formula is C13H20N4O2S. The highest BCUT2D eigenvalue weighted by Crippen LogP contribution is 2.31. The number of thiocarbonyl (C=S) groups is 1. The molecule has 6 nitrogen and oxygen atoms in total. The number of nitrogens with two attached hydrogens (primary N) is 1. The molecule has 1 aromatic rings. The lowest BCUT2D eigenvalue weighted by atomic mass is 9.79. The molecule has 0 radical (unpaired) electrons. The fourth-order valence-corrected chi connectivity index (χ4v) is 2.64. The third kappa shape index (κ3) is 3.16. The maximum Gasteiger partial charge on any atom is 0.233 e. The summed E-state index contributed by atoms with van der Waals surface area (Å²) in [5, 5.41) is 7.08. The van der Waals surface area contributed by atoms with E-state index < -0.39 is 5.41 Å². The lowest BCUT2D eigenvalue weighted by molar-refractivity contribution is -0.131. The van der Waals surface area contributed by atoms with Gasteiger partial charge in [0.2, 0.25) is 5.91 Å². The summed E-state index contributed by atoms with van der Waals surface area (Å²) >= 11 is 5.09. The fraction of sp³-hybridized carbons (Fsp3) is 0.615. The van der Waals surface area contributed by atoms with Gasteiger partial charge in [0, 0.05) is 26.0 Å². The summed E-state index contributed by atoms with van der Waals surface area (Å²) in [4.78, 5) is 12.7. The molecule has 1 aliphatic rings. The summed E-state index contributed by atoms with van der Waals surface area (Å²) in [5.74, 6) is -0.0998. The Morgan fingerprint density at radius 3 is 2.85 bits per heavy atom. The predicted octanol–water partition coefficient (Wildman–Crippen LogP) is 0.391. The van der Waals surface area contributed by atoms with E-state index in [0.29, 0.717) is 39.1 Å². The van der Waals surface area contributed by atoms with Crippen molar-refractivity contribution in [2.45, 2.75) is 26.3 Å². The van der Waals surface area contributed by atoms with Gasteiger partial charge in [-0.1, -0.05) is 12.2 Å². The number of carbonyl (C=O) groups is 1. The molecule has 0 bridgehead atoms. The van der Waals surface area contributed by atoms with E-state index >= 15 is 0 Å². The zero-order valence-electron chi connectivity index (χ0n) is 11.6. The van der Waals surface area contributed by atoms with E-state index in [1.54, 1.807) is 10.9 Å². The van der Waals surface area contributed by atoms with E-state index in [1.165, 1.54) is 0 Å². The third-order valence-corrected chi connectivity index (χ3v) is 4.03. The van der Waals surface area contributed by atoms with Gasteiger partial charge in [-0.2, -0.15) is 5.10 Å². The molecule has 0 saturated carbocycles. The largest absolute Gasteiger partial charge is 0.392 e. The van der Waals surface area contributed by atoms with E-state index in [1.807, 2.05) is 13.1 Å². The first-order chi connectivity index (χ1) is 9.54. The summed E-state index contributed by atoms with van der Waals surface area (Å²) in [7, 11) is 0. The highest BCUT2D eigenvalue weighted by atomic mass is 32.1. The van der Waals surface area contributed by atoms with Gasteiger partial charge in [-0.25, -0.2) is 0 Å². The third-order valence-electron chi connectivity index (χ3n) is 3.64. The Morgan fingerprint density at radius 1 is 1.60 bits per heavy atom. The Labute approximate surface area is 123 Å². The van der Waals surface area contributed by atoms with Gasteiger partial charge in [-0.15, -0.1) is 0 Å². The molecule has 1 aliphatic heterocycles. The summed E-state index contributed by atoms with van der Waals surface area (Å²) < 4.78 is 7.09. The molecular weight excluding hydrogens is 276 g/mol. The van der Waals surface area contributed by atoms with Gasteiger partial charge in [-0.3, -0.25) is 9.48 Å². The smallest absolute Gasteiger partial charge is 0.233 e. The number of aromatic nitrogens is 2. The molecule has 0 unspecified atom stereocenters. The molecule has 1 aromatic heterocycles. The summed E-state index contributed by atoms with van der Waals surface area (Å²) in [6.07, 6.45) is 4.82. The maximum atomic E-state index is 12.4. The Hall–Kier alpha value is -1.47. The minimum absolute atomic E-state index is 0.0998. The van der Waals surface area contributed by atoms with Crippen molar-refractivity contribution in [2.75, 3.05) is 19.8 Å². The van der Waals surface area contributed by atoms with E-state index in [4.69, 9.17) is 22.7 Å². The van der Waals surface area contributed by atoms with Crippen LogP contribution in [0, 0.1) is 12.3 Å². The molecule has 0 aliphatic carbocycles. The highest BCUT2D eigenvalue weighted by Gasteiger charge is 2.42. The standard InChI is InChI=1S/C13H20N4O2S/c1-10-8-16-17(9-10)5-4-15-12(18)13(11(14)20)2-6-19-7-3-13/h8-9H,2-7H2,1H3,(H2,14,20)(H,15,18). The van der Waals surface area contributed by atoms with Gasteiger partial charge in [0.05, 0.1) is 17.7 Å². The topological polar surface area (TPSA) is 82.2 Å². The van der Waals surface area contributed by atoms with Gasteiger partial charge in [-0.05, 0) is 25.3 Å². The monoisotopic (exact) mass is 296 g/mol. The molecule has 0 spiro atoms. The lowest BCUT2D eigenvalue weighted by Crippen LogP contribution is -2.52. The van der Waals surface area contributed by atoms with Crippen LogP contribution in [-0.2, 0) is 16.1 Å². The predicted molar refractivity (Wildman–Crippen MR) is 79.2 cm³/mol. The van der Waals surface area contributed by atoms with Gasteiger partial charge >= 0.3 is 0 Å². The molecule has 20 heavy (non-hydrogen) atoms. The van der Waals surface area contributed by atoms with Crippen LogP contribution in [0.1, 0.15) is 18.4 Å². The van der Waals surface area contributed by atoms with Crippen LogP contribution in [0.4, 0.5) is 0 Å². The van der Waals surface area contributed by atoms with Crippen molar-refractivity contribution in [3.05, 3.63) is 18.0 Å². The molecule has 3 N–H and O–H groups in total. The molecule has 0 aromatic carbocycles. The van der Waals surface area contributed by atoms with E-state index in [2.05, 4.69) is 10.4 Å². The molecule has 1 fully saturated rings. The SMILES string of the molecule is Cc1cnn(CCNC(=O)C2(C(N)=S)CCOCC2)c1. The van der Waals surface area contributed by atoms with Gasteiger partial charge < -0.3 is 15.8 Å². The number of hydrogen-bond acceptors (Lipinski definition) is 4. The minimum atomic E-state index is -0.756. The van der Waals surface area contributed by atoms with Crippen molar-refractivity contribution in [3.63, 3.8) is 0 Å². The summed E-state index contributed by atoms with van der Waals surface area (Å²) in [5.41, 5.74) is 6.13. The fourth-order valence-electron chi connectivity index (χ4n) is 2.35. The zero-order valence-corrected chi connectivity index (χ0v) is 12.4. The summed E-state index contributed by atoms with van der Waals surface area (Å²) in [6.45, 7) is 4.15. The molecule has 1 saturated heterocycles. The number of aryl methyl sites for hydroxylation is 1. The van der Waals surface area contributed by atoms with E-state index in [9.17, 15) is 4.79 Å². The Morgan fingerprint density at radius 2 is 2.30 bits per heavy atom. The van der Waals surface area contributed by atoms with Crippen LogP contribution in [0.25, 0.3) is 0 Å².